The molecular formula is C26H24Cl2N2. The van der Waals surface area contributed by atoms with Crippen LogP contribution in [0.1, 0.15) is 36.0 Å². The lowest BCUT2D eigenvalue weighted by molar-refractivity contribution is 0.577. The molecule has 1 heterocycles. The highest BCUT2D eigenvalue weighted by Crippen LogP contribution is 2.44. The molecule has 1 fully saturated rings. The third-order valence-corrected chi connectivity index (χ3v) is 6.48. The van der Waals surface area contributed by atoms with Crippen molar-refractivity contribution < 1.29 is 0 Å². The van der Waals surface area contributed by atoms with E-state index in [0.29, 0.717) is 10.0 Å². The molecule has 0 atom stereocenters. The maximum atomic E-state index is 10.3. The lowest BCUT2D eigenvalue weighted by atomic mass is 9.84. The molecule has 0 aromatic heterocycles. The fourth-order valence-electron chi connectivity index (χ4n) is 4.69. The smallest absolute Gasteiger partial charge is 0.102 e. The summed E-state index contributed by atoms with van der Waals surface area (Å²) in [6.45, 7) is 6.20. The Labute approximate surface area is 188 Å². The first-order valence-corrected chi connectivity index (χ1v) is 11.1. The maximum Gasteiger partial charge on any atom is 0.102 e. The summed E-state index contributed by atoms with van der Waals surface area (Å²) in [6, 6.07) is 18.3. The Hall–Kier alpha value is -2.47. The topological polar surface area (TPSA) is 27.0 Å². The predicted molar refractivity (Wildman–Crippen MR) is 128 cm³/mol. The quantitative estimate of drug-likeness (QED) is 0.420. The number of nitrogens with zero attached hydrogens (tertiary/aromatic N) is 2. The molecule has 0 unspecified atom stereocenters. The van der Waals surface area contributed by atoms with Crippen molar-refractivity contribution in [3.8, 4) is 28.3 Å². The van der Waals surface area contributed by atoms with E-state index in [1.54, 1.807) is 0 Å². The maximum absolute atomic E-state index is 10.3. The van der Waals surface area contributed by atoms with E-state index in [1.807, 2.05) is 42.5 Å². The number of nitriles is 1. The van der Waals surface area contributed by atoms with Gasteiger partial charge in [-0.1, -0.05) is 47.5 Å². The third-order valence-electron chi connectivity index (χ3n) is 6.00. The monoisotopic (exact) mass is 434 g/mol. The van der Waals surface area contributed by atoms with Crippen LogP contribution in [0.2, 0.25) is 10.0 Å². The van der Waals surface area contributed by atoms with Crippen molar-refractivity contribution in [2.45, 2.75) is 33.1 Å². The van der Waals surface area contributed by atoms with Gasteiger partial charge in [0.15, 0.2) is 0 Å². The summed E-state index contributed by atoms with van der Waals surface area (Å²) in [5.41, 5.74) is 8.27. The molecule has 3 aromatic rings. The van der Waals surface area contributed by atoms with E-state index in [2.05, 4.69) is 30.9 Å². The zero-order chi connectivity index (χ0) is 21.3. The number of piperidine rings is 1. The number of rotatable bonds is 3. The summed E-state index contributed by atoms with van der Waals surface area (Å²) >= 11 is 12.5. The Morgan fingerprint density at radius 2 is 1.50 bits per heavy atom. The zero-order valence-electron chi connectivity index (χ0n) is 17.3. The zero-order valence-corrected chi connectivity index (χ0v) is 18.8. The summed E-state index contributed by atoms with van der Waals surface area (Å²) in [6.07, 6.45) is 3.55. The van der Waals surface area contributed by atoms with Crippen LogP contribution in [-0.4, -0.2) is 13.1 Å². The normalized spacial score (nSPS) is 13.9. The Morgan fingerprint density at radius 1 is 0.800 bits per heavy atom. The van der Waals surface area contributed by atoms with Crippen LogP contribution in [0.3, 0.4) is 0 Å². The Morgan fingerprint density at radius 3 is 2.13 bits per heavy atom. The van der Waals surface area contributed by atoms with Gasteiger partial charge in [-0.05, 0) is 85.2 Å². The van der Waals surface area contributed by atoms with Gasteiger partial charge in [0.2, 0.25) is 0 Å². The molecule has 0 bridgehead atoms. The van der Waals surface area contributed by atoms with Gasteiger partial charge in [-0.25, -0.2) is 0 Å². The SMILES string of the molecule is Cc1c(-c2cccc(Cl)c2)c(C)c(N2CCCCC2)c(C#N)c1-c1ccc(Cl)cc1. The van der Waals surface area contributed by atoms with Gasteiger partial charge in [-0.2, -0.15) is 5.26 Å². The number of hydrogen-bond donors (Lipinski definition) is 0. The van der Waals surface area contributed by atoms with E-state index < -0.39 is 0 Å². The van der Waals surface area contributed by atoms with E-state index in [1.165, 1.54) is 6.42 Å². The van der Waals surface area contributed by atoms with Crippen LogP contribution in [0.4, 0.5) is 5.69 Å². The molecule has 1 aliphatic heterocycles. The molecule has 3 aromatic carbocycles. The van der Waals surface area contributed by atoms with Crippen LogP contribution in [0.5, 0.6) is 0 Å². The van der Waals surface area contributed by atoms with Gasteiger partial charge in [-0.15, -0.1) is 0 Å². The summed E-state index contributed by atoms with van der Waals surface area (Å²) in [4.78, 5) is 2.39. The fourth-order valence-corrected chi connectivity index (χ4v) is 5.01. The minimum Gasteiger partial charge on any atom is -0.370 e. The third kappa shape index (κ3) is 3.81. The van der Waals surface area contributed by atoms with Crippen molar-refractivity contribution in [1.29, 1.82) is 5.26 Å². The highest BCUT2D eigenvalue weighted by molar-refractivity contribution is 6.31. The standard InChI is InChI=1S/C26H24Cl2N2/c1-17-24(20-7-6-8-22(28)15-20)18(2)26(30-13-4-3-5-14-30)23(16-29)25(17)19-9-11-21(27)12-10-19/h6-12,15H,3-5,13-14H2,1-2H3. The molecule has 30 heavy (non-hydrogen) atoms. The Balaban J connectivity index is 2.07. The second-order valence-electron chi connectivity index (χ2n) is 7.90. The second kappa shape index (κ2) is 8.72. The largest absolute Gasteiger partial charge is 0.370 e. The van der Waals surface area contributed by atoms with Crippen LogP contribution in [0.15, 0.2) is 48.5 Å². The highest BCUT2D eigenvalue weighted by atomic mass is 35.5. The highest BCUT2D eigenvalue weighted by Gasteiger charge is 2.26. The molecule has 0 N–H and O–H groups in total. The Kier molecular flexibility index (Phi) is 6.04. The average Bonchev–Trinajstić information content (AvgIpc) is 2.75. The van der Waals surface area contributed by atoms with Gasteiger partial charge in [-0.3, -0.25) is 0 Å². The molecule has 0 spiro atoms. The first kappa shape index (κ1) is 20.8. The average molecular weight is 435 g/mol. The van der Waals surface area contributed by atoms with E-state index in [4.69, 9.17) is 23.2 Å². The van der Waals surface area contributed by atoms with Crippen LogP contribution >= 0.6 is 23.2 Å². The summed E-state index contributed by atoms with van der Waals surface area (Å²) < 4.78 is 0. The summed E-state index contributed by atoms with van der Waals surface area (Å²) in [5, 5.41) is 11.7. The molecule has 0 amide bonds. The van der Waals surface area contributed by atoms with Crippen molar-refractivity contribution >= 4 is 28.9 Å². The molecule has 1 saturated heterocycles. The molecule has 0 aliphatic carbocycles. The number of benzene rings is 3. The molecule has 0 radical (unpaired) electrons. The number of anilines is 1. The van der Waals surface area contributed by atoms with E-state index in [-0.39, 0.29) is 0 Å². The minimum absolute atomic E-state index is 0.688. The lowest BCUT2D eigenvalue weighted by Crippen LogP contribution is -2.31. The van der Waals surface area contributed by atoms with Gasteiger partial charge in [0.25, 0.3) is 0 Å². The molecular weight excluding hydrogens is 411 g/mol. The van der Waals surface area contributed by atoms with Crippen molar-refractivity contribution in [1.82, 2.24) is 0 Å². The first-order chi connectivity index (χ1) is 14.5. The first-order valence-electron chi connectivity index (χ1n) is 10.4. The van der Waals surface area contributed by atoms with Gasteiger partial charge >= 0.3 is 0 Å². The van der Waals surface area contributed by atoms with Crippen LogP contribution in [0.25, 0.3) is 22.3 Å². The lowest BCUT2D eigenvalue weighted by Gasteiger charge is -2.33. The minimum atomic E-state index is 0.688. The van der Waals surface area contributed by atoms with E-state index >= 15 is 0 Å². The number of hydrogen-bond acceptors (Lipinski definition) is 2. The van der Waals surface area contributed by atoms with Crippen molar-refractivity contribution in [3.05, 3.63) is 75.3 Å². The van der Waals surface area contributed by atoms with Crippen molar-refractivity contribution in [2.24, 2.45) is 0 Å². The molecule has 0 saturated carbocycles. The van der Waals surface area contributed by atoms with Crippen LogP contribution < -0.4 is 4.90 Å². The van der Waals surface area contributed by atoms with Gasteiger partial charge < -0.3 is 4.90 Å². The summed E-state index contributed by atoms with van der Waals surface area (Å²) in [7, 11) is 0. The molecule has 4 rings (SSSR count). The number of halogens is 2. The van der Waals surface area contributed by atoms with Crippen LogP contribution in [-0.2, 0) is 0 Å². The van der Waals surface area contributed by atoms with E-state index in [9.17, 15) is 5.26 Å². The van der Waals surface area contributed by atoms with Crippen LogP contribution in [0, 0.1) is 25.2 Å². The van der Waals surface area contributed by atoms with Gasteiger partial charge in [0.05, 0.1) is 11.3 Å². The summed E-state index contributed by atoms with van der Waals surface area (Å²) in [5.74, 6) is 0. The predicted octanol–water partition coefficient (Wildman–Crippen LogP) is 7.81. The molecule has 1 aliphatic rings. The van der Waals surface area contributed by atoms with Crippen molar-refractivity contribution in [2.75, 3.05) is 18.0 Å². The molecule has 152 valence electrons. The molecule has 4 heteroatoms. The fraction of sp³-hybridized carbons (Fsp3) is 0.269. The van der Waals surface area contributed by atoms with Gasteiger partial charge in [0.1, 0.15) is 6.07 Å². The van der Waals surface area contributed by atoms with E-state index in [0.717, 1.165) is 70.6 Å². The Bertz CT molecular complexity index is 1120. The molecule has 2 nitrogen and oxygen atoms in total. The van der Waals surface area contributed by atoms with Gasteiger partial charge in [0, 0.05) is 28.7 Å². The second-order valence-corrected chi connectivity index (χ2v) is 8.77. The van der Waals surface area contributed by atoms with Crippen molar-refractivity contribution in [3.63, 3.8) is 0 Å².